The van der Waals surface area contributed by atoms with Crippen molar-refractivity contribution in [1.82, 2.24) is 10.2 Å². The Morgan fingerprint density at radius 2 is 2.33 bits per heavy atom. The molecule has 2 rings (SSSR count). The van der Waals surface area contributed by atoms with Gasteiger partial charge in [-0.05, 0) is 24.6 Å². The predicted molar refractivity (Wildman–Crippen MR) is 66.2 cm³/mol. The second-order valence-corrected chi connectivity index (χ2v) is 3.85. The van der Waals surface area contributed by atoms with Crippen molar-refractivity contribution in [2.24, 2.45) is 0 Å². The molecule has 2 nitrogen and oxygen atoms in total. The van der Waals surface area contributed by atoms with Crippen LogP contribution in [0.15, 0.2) is 18.3 Å². The zero-order valence-corrected chi connectivity index (χ0v) is 9.44. The fraction of sp³-hybridized carbons (Fsp3) is 0.250. The van der Waals surface area contributed by atoms with E-state index in [9.17, 15) is 0 Å². The van der Waals surface area contributed by atoms with Crippen LogP contribution in [-0.2, 0) is 0 Å². The second kappa shape index (κ2) is 4.41. The van der Waals surface area contributed by atoms with E-state index in [4.69, 9.17) is 0 Å². The van der Waals surface area contributed by atoms with E-state index in [0.29, 0.717) is 0 Å². The molecule has 0 saturated heterocycles. The van der Waals surface area contributed by atoms with Gasteiger partial charge in [0.1, 0.15) is 0 Å². The van der Waals surface area contributed by atoms with E-state index >= 15 is 0 Å². The lowest BCUT2D eigenvalue weighted by molar-refractivity contribution is 1.12. The number of nitrogens with one attached hydrogen (secondary N) is 1. The second-order valence-electron chi connectivity index (χ2n) is 3.40. The normalized spacial score (nSPS) is 10.0. The molecule has 0 radical (unpaired) electrons. The summed E-state index contributed by atoms with van der Waals surface area (Å²) in [5, 5.41) is 8.05. The summed E-state index contributed by atoms with van der Waals surface area (Å²) >= 11 is 4.12. The first kappa shape index (κ1) is 10.1. The summed E-state index contributed by atoms with van der Waals surface area (Å²) in [5.74, 6) is 7.05. The first-order chi connectivity index (χ1) is 7.31. The van der Waals surface area contributed by atoms with E-state index in [1.807, 2.05) is 6.20 Å². The van der Waals surface area contributed by atoms with Gasteiger partial charge >= 0.3 is 0 Å². The highest BCUT2D eigenvalue weighted by Gasteiger charge is 2.00. The fourth-order valence-corrected chi connectivity index (χ4v) is 1.56. The summed E-state index contributed by atoms with van der Waals surface area (Å²) in [7, 11) is 0. The van der Waals surface area contributed by atoms with Gasteiger partial charge in [0.15, 0.2) is 0 Å². The minimum atomic E-state index is 0.806. The van der Waals surface area contributed by atoms with Crippen LogP contribution in [0, 0.1) is 18.8 Å². The zero-order chi connectivity index (χ0) is 10.7. The molecule has 0 unspecified atom stereocenters. The van der Waals surface area contributed by atoms with E-state index in [0.717, 1.165) is 28.6 Å². The van der Waals surface area contributed by atoms with Crippen LogP contribution in [-0.4, -0.2) is 16.0 Å². The summed E-state index contributed by atoms with van der Waals surface area (Å²) < 4.78 is 0. The number of aromatic nitrogens is 2. The van der Waals surface area contributed by atoms with Crippen molar-refractivity contribution >= 4 is 23.5 Å². The molecular formula is C12H12N2S. The smallest absolute Gasteiger partial charge is 0.0653 e. The van der Waals surface area contributed by atoms with E-state index in [-0.39, 0.29) is 0 Å². The zero-order valence-electron chi connectivity index (χ0n) is 8.54. The summed E-state index contributed by atoms with van der Waals surface area (Å²) in [4.78, 5) is 0. The highest BCUT2D eigenvalue weighted by Crippen LogP contribution is 2.16. The Bertz CT molecular complexity index is 531. The molecule has 0 aliphatic carbocycles. The molecule has 0 bridgehead atoms. The molecule has 0 saturated carbocycles. The van der Waals surface area contributed by atoms with Crippen molar-refractivity contribution in [2.75, 3.05) is 5.75 Å². The largest absolute Gasteiger partial charge is 0.278 e. The number of nitrogens with zero attached hydrogens (tertiary/aromatic N) is 1. The maximum Gasteiger partial charge on any atom is 0.0653 e. The monoisotopic (exact) mass is 216 g/mol. The first-order valence-electron chi connectivity index (χ1n) is 4.84. The van der Waals surface area contributed by atoms with Crippen molar-refractivity contribution in [3.05, 3.63) is 29.5 Å². The van der Waals surface area contributed by atoms with Gasteiger partial charge in [0.05, 0.1) is 11.7 Å². The van der Waals surface area contributed by atoms with Gasteiger partial charge in [-0.2, -0.15) is 17.7 Å². The number of thiol groups is 1. The van der Waals surface area contributed by atoms with Crippen LogP contribution in [0.2, 0.25) is 0 Å². The van der Waals surface area contributed by atoms with Gasteiger partial charge in [0, 0.05) is 23.1 Å². The Kier molecular flexibility index (Phi) is 2.98. The Labute approximate surface area is 94.5 Å². The number of hydrogen-bond donors (Lipinski definition) is 2. The molecular weight excluding hydrogens is 204 g/mol. The van der Waals surface area contributed by atoms with Crippen LogP contribution in [0.1, 0.15) is 17.5 Å². The van der Waals surface area contributed by atoms with Gasteiger partial charge in [0.25, 0.3) is 0 Å². The number of aromatic amines is 1. The Morgan fingerprint density at radius 1 is 1.47 bits per heavy atom. The molecule has 0 aliphatic rings. The van der Waals surface area contributed by atoms with Crippen molar-refractivity contribution in [2.45, 2.75) is 13.3 Å². The van der Waals surface area contributed by atoms with Gasteiger partial charge in [-0.25, -0.2) is 0 Å². The molecule has 3 heteroatoms. The van der Waals surface area contributed by atoms with E-state index in [2.05, 4.69) is 53.7 Å². The standard InChI is InChI=1S/C12H12N2S/c1-9-6-12-11(8-13-14-12)7-10(9)4-2-3-5-15/h6-8,15H,3,5H2,1H3,(H,13,14). The lowest BCUT2D eigenvalue weighted by Gasteiger charge is -1.97. The SMILES string of the molecule is Cc1cc2[nH]ncc2cc1C#CCCS. The van der Waals surface area contributed by atoms with Gasteiger partial charge in [-0.3, -0.25) is 5.10 Å². The molecule has 1 aromatic carbocycles. The lowest BCUT2D eigenvalue weighted by atomic mass is 10.1. The third-order valence-electron chi connectivity index (χ3n) is 2.25. The molecule has 0 spiro atoms. The average Bonchev–Trinajstić information content (AvgIpc) is 2.65. The Hall–Kier alpha value is -1.40. The number of benzene rings is 1. The highest BCUT2D eigenvalue weighted by molar-refractivity contribution is 7.80. The summed E-state index contributed by atoms with van der Waals surface area (Å²) in [6, 6.07) is 4.15. The molecule has 0 atom stereocenters. The van der Waals surface area contributed by atoms with E-state index in [1.54, 1.807) is 0 Å². The average molecular weight is 216 g/mol. The fourth-order valence-electron chi connectivity index (χ4n) is 1.45. The van der Waals surface area contributed by atoms with Crippen molar-refractivity contribution < 1.29 is 0 Å². The van der Waals surface area contributed by atoms with E-state index in [1.165, 1.54) is 5.56 Å². The third-order valence-corrected chi connectivity index (χ3v) is 2.47. The minimum Gasteiger partial charge on any atom is -0.278 e. The maximum atomic E-state index is 4.12. The molecule has 1 N–H and O–H groups in total. The van der Waals surface area contributed by atoms with Crippen molar-refractivity contribution in [1.29, 1.82) is 0 Å². The van der Waals surface area contributed by atoms with Crippen LogP contribution < -0.4 is 0 Å². The molecule has 15 heavy (non-hydrogen) atoms. The van der Waals surface area contributed by atoms with Crippen LogP contribution >= 0.6 is 12.6 Å². The molecule has 76 valence electrons. The van der Waals surface area contributed by atoms with Crippen LogP contribution in [0.3, 0.4) is 0 Å². The molecule has 1 aromatic heterocycles. The van der Waals surface area contributed by atoms with Crippen molar-refractivity contribution in [3.8, 4) is 11.8 Å². The Morgan fingerprint density at radius 3 is 3.13 bits per heavy atom. The van der Waals surface area contributed by atoms with Crippen LogP contribution in [0.4, 0.5) is 0 Å². The van der Waals surface area contributed by atoms with Crippen molar-refractivity contribution in [3.63, 3.8) is 0 Å². The first-order valence-corrected chi connectivity index (χ1v) is 5.48. The predicted octanol–water partition coefficient (Wildman–Crippen LogP) is 2.54. The van der Waals surface area contributed by atoms with E-state index < -0.39 is 0 Å². The van der Waals surface area contributed by atoms with Crippen LogP contribution in [0.5, 0.6) is 0 Å². The summed E-state index contributed by atoms with van der Waals surface area (Å²) in [6.45, 7) is 2.06. The summed E-state index contributed by atoms with van der Waals surface area (Å²) in [6.07, 6.45) is 2.64. The number of rotatable bonds is 1. The number of aryl methyl sites for hydroxylation is 1. The highest BCUT2D eigenvalue weighted by atomic mass is 32.1. The van der Waals surface area contributed by atoms with Gasteiger partial charge in [0.2, 0.25) is 0 Å². The minimum absolute atomic E-state index is 0.806. The van der Waals surface area contributed by atoms with Gasteiger partial charge in [-0.1, -0.05) is 11.8 Å². The lowest BCUT2D eigenvalue weighted by Crippen LogP contribution is -1.82. The van der Waals surface area contributed by atoms with Crippen LogP contribution in [0.25, 0.3) is 10.9 Å². The number of H-pyrrole nitrogens is 1. The topological polar surface area (TPSA) is 28.7 Å². The molecule has 2 aromatic rings. The summed E-state index contributed by atoms with van der Waals surface area (Å²) in [5.41, 5.74) is 3.32. The third kappa shape index (κ3) is 2.16. The Balaban J connectivity index is 2.43. The van der Waals surface area contributed by atoms with Gasteiger partial charge in [-0.15, -0.1) is 0 Å². The van der Waals surface area contributed by atoms with Gasteiger partial charge < -0.3 is 0 Å². The maximum absolute atomic E-state index is 4.12. The molecule has 0 fully saturated rings. The molecule has 1 heterocycles. The number of hydrogen-bond acceptors (Lipinski definition) is 2. The quantitative estimate of drug-likeness (QED) is 0.556. The molecule has 0 amide bonds. The number of fused-ring (bicyclic) bond motifs is 1. The molecule has 0 aliphatic heterocycles.